The van der Waals surface area contributed by atoms with Crippen LogP contribution in [-0.2, 0) is 4.79 Å². The quantitative estimate of drug-likeness (QED) is 0.658. The molecule has 1 N–H and O–H groups in total. The monoisotopic (exact) mass is 421 g/mol. The number of carbonyl (C=O) groups excluding carboxylic acids is 1. The second kappa shape index (κ2) is 8.79. The molecule has 3 aliphatic rings. The van der Waals surface area contributed by atoms with E-state index in [0.29, 0.717) is 12.5 Å². The Kier molecular flexibility index (Phi) is 5.72. The molecule has 0 bridgehead atoms. The fourth-order valence-corrected chi connectivity index (χ4v) is 4.84. The third-order valence-corrected chi connectivity index (χ3v) is 6.74. The molecule has 6 nitrogen and oxygen atoms in total. The molecule has 2 atom stereocenters. The van der Waals surface area contributed by atoms with Gasteiger partial charge in [-0.25, -0.2) is 0 Å². The molecule has 1 saturated carbocycles. The van der Waals surface area contributed by atoms with Crippen LogP contribution >= 0.6 is 0 Å². The summed E-state index contributed by atoms with van der Waals surface area (Å²) in [7, 11) is 1.74. The maximum atomic E-state index is 11.9. The molecule has 1 amide bonds. The number of ether oxygens (including phenoxy) is 2. The molecule has 1 saturated heterocycles. The van der Waals surface area contributed by atoms with Crippen LogP contribution in [0.15, 0.2) is 42.5 Å². The van der Waals surface area contributed by atoms with E-state index in [0.717, 1.165) is 69.2 Å². The Bertz CT molecular complexity index is 939. The lowest BCUT2D eigenvalue weighted by Gasteiger charge is -2.36. The lowest BCUT2D eigenvalue weighted by molar-refractivity contribution is -0.117. The number of fused-ring (bicyclic) bond motifs is 3. The molecule has 0 aromatic heterocycles. The summed E-state index contributed by atoms with van der Waals surface area (Å²) in [4.78, 5) is 16.9. The smallest absolute Gasteiger partial charge is 0.228 e. The highest BCUT2D eigenvalue weighted by Gasteiger charge is 2.48. The van der Waals surface area contributed by atoms with Crippen molar-refractivity contribution in [3.05, 3.63) is 48.0 Å². The summed E-state index contributed by atoms with van der Waals surface area (Å²) in [6.45, 7) is 6.02. The lowest BCUT2D eigenvalue weighted by atomic mass is 10.0. The number of amides is 1. The standard InChI is InChI=1S/C25H31N3O3/c1-30-24-7-3-2-6-23(24)28-13-11-27(12-14-28)10-4-5-15-31-18-8-9-19-20-17-21(20)25(29)26-22(19)16-18/h2-3,6-9,16,20-21H,4-5,10-15,17H2,1H3,(H,26,29). The molecule has 31 heavy (non-hydrogen) atoms. The zero-order valence-electron chi connectivity index (χ0n) is 18.2. The van der Waals surface area contributed by atoms with Crippen molar-refractivity contribution in [2.45, 2.75) is 25.2 Å². The summed E-state index contributed by atoms with van der Waals surface area (Å²) in [6.07, 6.45) is 3.15. The average molecular weight is 422 g/mol. The molecule has 2 aliphatic heterocycles. The third kappa shape index (κ3) is 4.35. The topological polar surface area (TPSA) is 54.0 Å². The number of methoxy groups -OCH3 is 1. The molecular formula is C25H31N3O3. The van der Waals surface area contributed by atoms with Gasteiger partial charge >= 0.3 is 0 Å². The number of nitrogens with zero attached hydrogens (tertiary/aromatic N) is 2. The van der Waals surface area contributed by atoms with E-state index in [2.05, 4.69) is 33.3 Å². The Morgan fingerprint density at radius 1 is 1.03 bits per heavy atom. The molecule has 2 unspecified atom stereocenters. The van der Waals surface area contributed by atoms with Crippen LogP contribution in [0.5, 0.6) is 11.5 Å². The summed E-state index contributed by atoms with van der Waals surface area (Å²) in [6, 6.07) is 14.4. The van der Waals surface area contributed by atoms with E-state index >= 15 is 0 Å². The minimum atomic E-state index is 0.167. The van der Waals surface area contributed by atoms with Gasteiger partial charge in [-0.2, -0.15) is 0 Å². The summed E-state index contributed by atoms with van der Waals surface area (Å²) in [5, 5.41) is 3.02. The highest BCUT2D eigenvalue weighted by atomic mass is 16.5. The van der Waals surface area contributed by atoms with Gasteiger partial charge in [0.15, 0.2) is 0 Å². The molecule has 5 rings (SSSR count). The van der Waals surface area contributed by atoms with Gasteiger partial charge in [0.25, 0.3) is 0 Å². The molecule has 2 aromatic carbocycles. The van der Waals surface area contributed by atoms with Crippen molar-refractivity contribution in [2.24, 2.45) is 5.92 Å². The Labute approximate surface area is 184 Å². The first-order valence-corrected chi connectivity index (χ1v) is 11.4. The van der Waals surface area contributed by atoms with Crippen LogP contribution in [0.25, 0.3) is 0 Å². The first-order valence-electron chi connectivity index (χ1n) is 11.4. The fourth-order valence-electron chi connectivity index (χ4n) is 4.84. The van der Waals surface area contributed by atoms with E-state index in [1.165, 1.54) is 11.3 Å². The maximum Gasteiger partial charge on any atom is 0.228 e. The number of nitrogens with one attached hydrogen (secondary N) is 1. The number of unbranched alkanes of at least 4 members (excludes halogenated alkanes) is 1. The fraction of sp³-hybridized carbons (Fsp3) is 0.480. The summed E-state index contributed by atoms with van der Waals surface area (Å²) >= 11 is 0. The number of para-hydroxylation sites is 2. The van der Waals surface area contributed by atoms with Crippen LogP contribution in [0.2, 0.25) is 0 Å². The zero-order chi connectivity index (χ0) is 21.2. The molecule has 6 heteroatoms. The number of carbonyl (C=O) groups is 1. The molecule has 0 spiro atoms. The van der Waals surface area contributed by atoms with Crippen molar-refractivity contribution in [1.29, 1.82) is 0 Å². The summed E-state index contributed by atoms with van der Waals surface area (Å²) in [5.74, 6) is 2.60. The van der Waals surface area contributed by atoms with Gasteiger partial charge in [0, 0.05) is 43.9 Å². The van der Waals surface area contributed by atoms with Gasteiger partial charge in [-0.05, 0) is 55.5 Å². The molecule has 0 radical (unpaired) electrons. The van der Waals surface area contributed by atoms with E-state index in [4.69, 9.17) is 9.47 Å². The van der Waals surface area contributed by atoms with E-state index in [9.17, 15) is 4.79 Å². The third-order valence-electron chi connectivity index (χ3n) is 6.74. The van der Waals surface area contributed by atoms with Gasteiger partial charge in [-0.1, -0.05) is 18.2 Å². The lowest BCUT2D eigenvalue weighted by Crippen LogP contribution is -2.46. The average Bonchev–Trinajstić information content (AvgIpc) is 3.61. The van der Waals surface area contributed by atoms with Crippen molar-refractivity contribution in [2.75, 3.05) is 56.7 Å². The maximum absolute atomic E-state index is 11.9. The summed E-state index contributed by atoms with van der Waals surface area (Å²) < 4.78 is 11.5. The number of piperazine rings is 1. The van der Waals surface area contributed by atoms with Crippen molar-refractivity contribution in [3.63, 3.8) is 0 Å². The molecule has 2 aromatic rings. The Balaban J connectivity index is 1.02. The molecule has 2 fully saturated rings. The van der Waals surface area contributed by atoms with Gasteiger partial charge in [-0.15, -0.1) is 0 Å². The minimum absolute atomic E-state index is 0.167. The number of rotatable bonds is 8. The summed E-state index contributed by atoms with van der Waals surface area (Å²) in [5.41, 5.74) is 3.40. The van der Waals surface area contributed by atoms with Crippen LogP contribution in [0.3, 0.4) is 0 Å². The van der Waals surface area contributed by atoms with E-state index in [-0.39, 0.29) is 11.8 Å². The largest absolute Gasteiger partial charge is 0.495 e. The Morgan fingerprint density at radius 3 is 2.71 bits per heavy atom. The van der Waals surface area contributed by atoms with Crippen molar-refractivity contribution < 1.29 is 14.3 Å². The number of benzene rings is 2. The van der Waals surface area contributed by atoms with E-state index in [1.807, 2.05) is 24.3 Å². The van der Waals surface area contributed by atoms with E-state index in [1.54, 1.807) is 7.11 Å². The van der Waals surface area contributed by atoms with Crippen molar-refractivity contribution in [3.8, 4) is 11.5 Å². The highest BCUT2D eigenvalue weighted by molar-refractivity contribution is 5.99. The first kappa shape index (κ1) is 20.2. The number of hydrogen-bond donors (Lipinski definition) is 1. The van der Waals surface area contributed by atoms with Crippen LogP contribution in [0, 0.1) is 5.92 Å². The van der Waals surface area contributed by atoms with Crippen molar-refractivity contribution in [1.82, 2.24) is 4.90 Å². The predicted octanol–water partition coefficient (Wildman–Crippen LogP) is 3.73. The predicted molar refractivity (Wildman–Crippen MR) is 122 cm³/mol. The second-order valence-electron chi connectivity index (χ2n) is 8.74. The highest BCUT2D eigenvalue weighted by Crippen LogP contribution is 2.53. The molecule has 164 valence electrons. The molecule has 1 aliphatic carbocycles. The van der Waals surface area contributed by atoms with Gasteiger partial charge < -0.3 is 19.7 Å². The zero-order valence-corrected chi connectivity index (χ0v) is 18.2. The van der Waals surface area contributed by atoms with Crippen LogP contribution < -0.4 is 19.7 Å². The number of hydrogen-bond acceptors (Lipinski definition) is 5. The van der Waals surface area contributed by atoms with Gasteiger partial charge in [0.1, 0.15) is 11.5 Å². The van der Waals surface area contributed by atoms with Crippen LogP contribution in [-0.4, -0.2) is 57.2 Å². The van der Waals surface area contributed by atoms with Crippen molar-refractivity contribution >= 4 is 17.3 Å². The Hall–Kier alpha value is -2.73. The first-order chi connectivity index (χ1) is 15.2. The van der Waals surface area contributed by atoms with Gasteiger partial charge in [0.2, 0.25) is 5.91 Å². The molecular weight excluding hydrogens is 390 g/mol. The van der Waals surface area contributed by atoms with E-state index < -0.39 is 0 Å². The minimum Gasteiger partial charge on any atom is -0.495 e. The SMILES string of the molecule is COc1ccccc1N1CCN(CCCCOc2ccc3c(c2)NC(=O)C2CC32)CC1. The van der Waals surface area contributed by atoms with Gasteiger partial charge in [0.05, 0.1) is 19.4 Å². The van der Waals surface area contributed by atoms with Crippen LogP contribution in [0.4, 0.5) is 11.4 Å². The molecule has 2 heterocycles. The normalized spacial score (nSPS) is 22.4. The van der Waals surface area contributed by atoms with Crippen LogP contribution in [0.1, 0.15) is 30.7 Å². The second-order valence-corrected chi connectivity index (χ2v) is 8.74. The number of anilines is 2. The van der Waals surface area contributed by atoms with Gasteiger partial charge in [-0.3, -0.25) is 9.69 Å². The Morgan fingerprint density at radius 2 is 1.87 bits per heavy atom.